The molecule has 108 valence electrons. The number of benzene rings is 1. The quantitative estimate of drug-likeness (QED) is 0.779. The lowest BCUT2D eigenvalue weighted by molar-refractivity contribution is 0.195. The zero-order chi connectivity index (χ0) is 15.0. The van der Waals surface area contributed by atoms with Gasteiger partial charge in [-0.15, -0.1) is 0 Å². The highest BCUT2D eigenvalue weighted by Crippen LogP contribution is 2.36. The summed E-state index contributed by atoms with van der Waals surface area (Å²) in [6.07, 6.45) is 3.84. The first-order valence-corrected chi connectivity index (χ1v) is 6.36. The third-order valence-electron chi connectivity index (χ3n) is 3.31. The van der Waals surface area contributed by atoms with Gasteiger partial charge in [-0.25, -0.2) is 0 Å². The standard InChI is InChI=1S/C16H14O5/c1-20-15-8-12-13(19)6-11(18)7-14(12)21-16(15)9-2-4-10(17)5-3-9/h2-8,14,17-19H,1H3. The van der Waals surface area contributed by atoms with Crippen LogP contribution in [0.1, 0.15) is 5.56 Å². The molecule has 1 heterocycles. The zero-order valence-electron chi connectivity index (χ0n) is 11.3. The number of rotatable bonds is 2. The molecular weight excluding hydrogens is 272 g/mol. The van der Waals surface area contributed by atoms with Crippen LogP contribution in [0.2, 0.25) is 0 Å². The predicted octanol–water partition coefficient (Wildman–Crippen LogP) is 2.93. The molecule has 3 rings (SSSR count). The summed E-state index contributed by atoms with van der Waals surface area (Å²) in [6.45, 7) is 0. The van der Waals surface area contributed by atoms with Crippen molar-refractivity contribution in [3.63, 3.8) is 0 Å². The Hall–Kier alpha value is -2.82. The minimum absolute atomic E-state index is 0.0550. The minimum atomic E-state index is -0.585. The molecule has 3 N–H and O–H groups in total. The molecule has 0 amide bonds. The molecular formula is C16H14O5. The van der Waals surface area contributed by atoms with E-state index in [-0.39, 0.29) is 17.3 Å². The van der Waals surface area contributed by atoms with Gasteiger partial charge in [-0.1, -0.05) is 0 Å². The van der Waals surface area contributed by atoms with Crippen molar-refractivity contribution in [1.82, 2.24) is 0 Å². The first-order valence-electron chi connectivity index (χ1n) is 6.36. The van der Waals surface area contributed by atoms with E-state index in [1.54, 1.807) is 30.3 Å². The number of aromatic hydroxyl groups is 1. The number of hydrogen-bond donors (Lipinski definition) is 3. The number of methoxy groups -OCH3 is 1. The van der Waals surface area contributed by atoms with Crippen molar-refractivity contribution in [2.75, 3.05) is 7.11 Å². The number of fused-ring (bicyclic) bond motifs is 1. The van der Waals surface area contributed by atoms with Gasteiger partial charge in [-0.05, 0) is 30.3 Å². The van der Waals surface area contributed by atoms with Crippen LogP contribution in [0.25, 0.3) is 5.76 Å². The lowest BCUT2D eigenvalue weighted by Crippen LogP contribution is -2.22. The molecule has 0 radical (unpaired) electrons. The maximum atomic E-state index is 9.88. The Kier molecular flexibility index (Phi) is 3.10. The second-order valence-corrected chi connectivity index (χ2v) is 4.70. The summed E-state index contributed by atoms with van der Waals surface area (Å²) in [5.41, 5.74) is 1.24. The predicted molar refractivity (Wildman–Crippen MR) is 76.4 cm³/mol. The van der Waals surface area contributed by atoms with Crippen LogP contribution < -0.4 is 0 Å². The summed E-state index contributed by atoms with van der Waals surface area (Å²) in [7, 11) is 1.51. The summed E-state index contributed by atoms with van der Waals surface area (Å²) >= 11 is 0. The number of aliphatic hydroxyl groups excluding tert-OH is 2. The number of phenols is 1. The Bertz CT molecular complexity index is 692. The van der Waals surface area contributed by atoms with E-state index in [2.05, 4.69) is 0 Å². The average molecular weight is 286 g/mol. The van der Waals surface area contributed by atoms with Crippen molar-refractivity contribution < 1.29 is 24.8 Å². The molecule has 0 bridgehead atoms. The lowest BCUT2D eigenvalue weighted by Gasteiger charge is -2.28. The van der Waals surface area contributed by atoms with E-state index in [1.165, 1.54) is 19.3 Å². The van der Waals surface area contributed by atoms with E-state index in [0.29, 0.717) is 17.1 Å². The van der Waals surface area contributed by atoms with E-state index >= 15 is 0 Å². The number of allylic oxidation sites excluding steroid dienone is 2. The number of aliphatic hydroxyl groups is 2. The molecule has 1 aliphatic heterocycles. The van der Waals surface area contributed by atoms with Crippen molar-refractivity contribution in [2.45, 2.75) is 6.10 Å². The molecule has 1 aliphatic carbocycles. The van der Waals surface area contributed by atoms with Gasteiger partial charge in [0.1, 0.15) is 23.4 Å². The second-order valence-electron chi connectivity index (χ2n) is 4.70. The summed E-state index contributed by atoms with van der Waals surface area (Å²) in [5.74, 6) is 0.979. The Morgan fingerprint density at radius 2 is 1.76 bits per heavy atom. The van der Waals surface area contributed by atoms with Crippen LogP contribution in [0.5, 0.6) is 5.75 Å². The van der Waals surface area contributed by atoms with Crippen LogP contribution >= 0.6 is 0 Å². The molecule has 2 aliphatic rings. The van der Waals surface area contributed by atoms with Gasteiger partial charge in [0.15, 0.2) is 11.5 Å². The van der Waals surface area contributed by atoms with Crippen molar-refractivity contribution in [3.05, 3.63) is 70.9 Å². The normalized spacial score (nSPS) is 20.8. The smallest absolute Gasteiger partial charge is 0.169 e. The highest BCUT2D eigenvalue weighted by atomic mass is 16.5. The Balaban J connectivity index is 2.07. The Morgan fingerprint density at radius 3 is 2.43 bits per heavy atom. The topological polar surface area (TPSA) is 79.2 Å². The largest absolute Gasteiger partial charge is 0.508 e. The van der Waals surface area contributed by atoms with Gasteiger partial charge in [-0.2, -0.15) is 0 Å². The van der Waals surface area contributed by atoms with Crippen LogP contribution in [0.3, 0.4) is 0 Å². The minimum Gasteiger partial charge on any atom is -0.508 e. The third kappa shape index (κ3) is 2.33. The summed E-state index contributed by atoms with van der Waals surface area (Å²) in [5, 5.41) is 28.8. The lowest BCUT2D eigenvalue weighted by atomic mass is 9.97. The molecule has 1 aromatic rings. The summed E-state index contributed by atoms with van der Waals surface area (Å²) < 4.78 is 11.1. The van der Waals surface area contributed by atoms with Gasteiger partial charge >= 0.3 is 0 Å². The van der Waals surface area contributed by atoms with Gasteiger partial charge in [0.2, 0.25) is 0 Å². The molecule has 5 nitrogen and oxygen atoms in total. The first-order chi connectivity index (χ1) is 10.1. The van der Waals surface area contributed by atoms with Gasteiger partial charge in [0, 0.05) is 23.3 Å². The molecule has 1 atom stereocenters. The maximum Gasteiger partial charge on any atom is 0.169 e. The van der Waals surface area contributed by atoms with Crippen LogP contribution in [0.15, 0.2) is 65.3 Å². The molecule has 0 spiro atoms. The van der Waals surface area contributed by atoms with E-state index in [9.17, 15) is 15.3 Å². The van der Waals surface area contributed by atoms with E-state index in [4.69, 9.17) is 9.47 Å². The highest BCUT2D eigenvalue weighted by molar-refractivity contribution is 5.68. The molecule has 0 saturated heterocycles. The molecule has 0 fully saturated rings. The van der Waals surface area contributed by atoms with E-state index in [1.807, 2.05) is 0 Å². The molecule has 1 unspecified atom stereocenters. The van der Waals surface area contributed by atoms with Crippen molar-refractivity contribution in [3.8, 4) is 5.75 Å². The Labute approximate surface area is 121 Å². The van der Waals surface area contributed by atoms with E-state index in [0.717, 1.165) is 5.56 Å². The fourth-order valence-corrected chi connectivity index (χ4v) is 2.28. The van der Waals surface area contributed by atoms with Crippen LogP contribution in [-0.4, -0.2) is 28.5 Å². The summed E-state index contributed by atoms with van der Waals surface area (Å²) in [6, 6.07) is 6.49. The van der Waals surface area contributed by atoms with E-state index < -0.39 is 6.10 Å². The highest BCUT2D eigenvalue weighted by Gasteiger charge is 2.29. The number of hydrogen-bond acceptors (Lipinski definition) is 5. The maximum absolute atomic E-state index is 9.88. The van der Waals surface area contributed by atoms with Gasteiger partial charge in [-0.3, -0.25) is 0 Å². The van der Waals surface area contributed by atoms with Gasteiger partial charge in [0.25, 0.3) is 0 Å². The van der Waals surface area contributed by atoms with Crippen molar-refractivity contribution in [2.24, 2.45) is 0 Å². The molecule has 5 heteroatoms. The van der Waals surface area contributed by atoms with Crippen LogP contribution in [0, 0.1) is 0 Å². The average Bonchev–Trinajstić information content (AvgIpc) is 2.47. The SMILES string of the molecule is COC1=C(c2ccc(O)cc2)OC2C=C(O)C=C(O)C2=C1. The number of ether oxygens (including phenoxy) is 2. The van der Waals surface area contributed by atoms with Crippen LogP contribution in [0.4, 0.5) is 0 Å². The zero-order valence-corrected chi connectivity index (χ0v) is 11.3. The molecule has 0 saturated carbocycles. The molecule has 1 aromatic carbocycles. The second kappa shape index (κ2) is 4.94. The third-order valence-corrected chi connectivity index (χ3v) is 3.31. The monoisotopic (exact) mass is 286 g/mol. The van der Waals surface area contributed by atoms with Crippen LogP contribution in [-0.2, 0) is 9.47 Å². The van der Waals surface area contributed by atoms with Crippen molar-refractivity contribution in [1.29, 1.82) is 0 Å². The first kappa shape index (κ1) is 13.2. The number of phenolic OH excluding ortho intramolecular Hbond substituents is 1. The fraction of sp³-hybridized carbons (Fsp3) is 0.125. The van der Waals surface area contributed by atoms with Crippen molar-refractivity contribution >= 4 is 5.76 Å². The fourth-order valence-electron chi connectivity index (χ4n) is 2.28. The summed E-state index contributed by atoms with van der Waals surface area (Å²) in [4.78, 5) is 0. The molecule has 21 heavy (non-hydrogen) atoms. The molecule has 0 aromatic heterocycles. The van der Waals surface area contributed by atoms with Gasteiger partial charge in [0.05, 0.1) is 7.11 Å². The Morgan fingerprint density at radius 1 is 1.05 bits per heavy atom. The van der Waals surface area contributed by atoms with Gasteiger partial charge < -0.3 is 24.8 Å².